The van der Waals surface area contributed by atoms with Gasteiger partial charge in [-0.15, -0.1) is 0 Å². The van der Waals surface area contributed by atoms with E-state index in [0.29, 0.717) is 6.10 Å². The minimum atomic E-state index is 0.557. The fourth-order valence-electron chi connectivity index (χ4n) is 4.03. The van der Waals surface area contributed by atoms with Gasteiger partial charge in [0.2, 0.25) is 0 Å². The predicted molar refractivity (Wildman–Crippen MR) is 68.1 cm³/mol. The number of benzene rings is 1. The fourth-order valence-corrected chi connectivity index (χ4v) is 4.03. The highest BCUT2D eigenvalue weighted by Gasteiger charge is 2.43. The van der Waals surface area contributed by atoms with Crippen molar-refractivity contribution < 1.29 is 4.74 Å². The van der Waals surface area contributed by atoms with Crippen molar-refractivity contribution in [3.63, 3.8) is 0 Å². The van der Waals surface area contributed by atoms with E-state index in [4.69, 9.17) is 4.74 Å². The molecule has 1 saturated heterocycles. The number of anilines is 1. The number of para-hydroxylation sites is 1. The maximum atomic E-state index is 6.05. The van der Waals surface area contributed by atoms with Crippen LogP contribution in [0.1, 0.15) is 31.2 Å². The van der Waals surface area contributed by atoms with Crippen molar-refractivity contribution in [3.05, 3.63) is 29.8 Å². The van der Waals surface area contributed by atoms with E-state index in [1.165, 1.54) is 43.4 Å². The van der Waals surface area contributed by atoms with E-state index in [-0.39, 0.29) is 0 Å². The molecule has 0 aromatic heterocycles. The number of aryl methyl sites for hydroxylation is 1. The molecule has 3 aliphatic rings. The van der Waals surface area contributed by atoms with Gasteiger partial charge < -0.3 is 9.64 Å². The van der Waals surface area contributed by atoms with E-state index in [2.05, 4.69) is 29.2 Å². The Bertz CT molecular complexity index is 431. The highest BCUT2D eigenvalue weighted by Crippen LogP contribution is 2.43. The van der Waals surface area contributed by atoms with Crippen molar-refractivity contribution in [3.8, 4) is 0 Å². The summed E-state index contributed by atoms with van der Waals surface area (Å²) in [5, 5.41) is 0. The first-order chi connectivity index (χ1) is 8.43. The minimum Gasteiger partial charge on any atom is -0.358 e. The van der Waals surface area contributed by atoms with Gasteiger partial charge in [-0.25, -0.2) is 0 Å². The van der Waals surface area contributed by atoms with E-state index in [0.717, 1.165) is 18.7 Å². The van der Waals surface area contributed by atoms with E-state index in [1.807, 2.05) is 0 Å². The van der Waals surface area contributed by atoms with Crippen LogP contribution in [0.3, 0.4) is 0 Å². The molecule has 2 fully saturated rings. The van der Waals surface area contributed by atoms with Crippen LogP contribution in [0, 0.1) is 5.92 Å². The van der Waals surface area contributed by atoms with Gasteiger partial charge in [0.15, 0.2) is 0 Å². The van der Waals surface area contributed by atoms with Gasteiger partial charge in [0.25, 0.3) is 0 Å². The van der Waals surface area contributed by atoms with Gasteiger partial charge >= 0.3 is 0 Å². The number of hydrogen-bond donors (Lipinski definition) is 0. The lowest BCUT2D eigenvalue weighted by molar-refractivity contribution is -0.0212. The molecule has 0 radical (unpaired) electrons. The molecule has 0 bridgehead atoms. The summed E-state index contributed by atoms with van der Waals surface area (Å²) in [5.41, 5.74) is 2.93. The fraction of sp³-hybridized carbons (Fsp3) is 0.600. The molecule has 3 atom stereocenters. The molecule has 3 unspecified atom stereocenters. The van der Waals surface area contributed by atoms with Crippen molar-refractivity contribution >= 4 is 5.69 Å². The number of ether oxygens (including phenoxy) is 1. The number of hydrogen-bond acceptors (Lipinski definition) is 2. The highest BCUT2D eigenvalue weighted by atomic mass is 16.5. The van der Waals surface area contributed by atoms with Crippen LogP contribution >= 0.6 is 0 Å². The van der Waals surface area contributed by atoms with Crippen molar-refractivity contribution in [2.75, 3.05) is 11.6 Å². The smallest absolute Gasteiger partial charge is 0.119 e. The zero-order chi connectivity index (χ0) is 11.2. The lowest BCUT2D eigenvalue weighted by Crippen LogP contribution is -2.53. The molecule has 1 saturated carbocycles. The van der Waals surface area contributed by atoms with Gasteiger partial charge in [0, 0.05) is 17.6 Å². The van der Waals surface area contributed by atoms with E-state index >= 15 is 0 Å². The summed E-state index contributed by atoms with van der Waals surface area (Å²) in [7, 11) is 0. The SMILES string of the molecule is c1ccc2c(c1)CCC1C3CCCC3OCN21. The number of nitrogens with zero attached hydrogens (tertiary/aromatic N) is 1. The van der Waals surface area contributed by atoms with Crippen molar-refractivity contribution in [1.29, 1.82) is 0 Å². The Labute approximate surface area is 103 Å². The molecule has 0 amide bonds. The van der Waals surface area contributed by atoms with Crippen LogP contribution < -0.4 is 4.90 Å². The Balaban J connectivity index is 1.71. The lowest BCUT2D eigenvalue weighted by atomic mass is 9.85. The first-order valence-electron chi connectivity index (χ1n) is 6.89. The second kappa shape index (κ2) is 3.74. The molecule has 1 aromatic rings. The van der Waals surface area contributed by atoms with E-state index < -0.39 is 0 Å². The van der Waals surface area contributed by atoms with Gasteiger partial charge in [0.05, 0.1) is 6.10 Å². The predicted octanol–water partition coefficient (Wildman–Crippen LogP) is 2.96. The molecule has 4 rings (SSSR count). The summed E-state index contributed by atoms with van der Waals surface area (Å²) in [6.45, 7) is 0.808. The molecular weight excluding hydrogens is 210 g/mol. The molecule has 2 aliphatic heterocycles. The Morgan fingerprint density at radius 2 is 2.06 bits per heavy atom. The van der Waals surface area contributed by atoms with E-state index in [1.54, 1.807) is 0 Å². The molecule has 1 aromatic carbocycles. The lowest BCUT2D eigenvalue weighted by Gasteiger charge is -2.47. The molecule has 90 valence electrons. The Morgan fingerprint density at radius 3 is 3.06 bits per heavy atom. The average Bonchev–Trinajstić information content (AvgIpc) is 2.86. The van der Waals surface area contributed by atoms with Crippen LogP contribution in [-0.4, -0.2) is 18.9 Å². The van der Waals surface area contributed by atoms with Crippen molar-refractivity contribution in [2.45, 2.75) is 44.2 Å². The van der Waals surface area contributed by atoms with Gasteiger partial charge in [0.1, 0.15) is 6.73 Å². The standard InChI is InChI=1S/C15H19NO/c1-2-6-13-11(4-1)8-9-14-12-5-3-7-15(12)17-10-16(13)14/h1-2,4,6,12,14-15H,3,5,7-10H2. The highest BCUT2D eigenvalue weighted by molar-refractivity contribution is 5.56. The molecule has 2 heterocycles. The summed E-state index contributed by atoms with van der Waals surface area (Å²) in [4.78, 5) is 2.52. The van der Waals surface area contributed by atoms with Crippen molar-refractivity contribution in [1.82, 2.24) is 0 Å². The molecule has 0 spiro atoms. The van der Waals surface area contributed by atoms with Crippen molar-refractivity contribution in [2.24, 2.45) is 5.92 Å². The second-order valence-electron chi connectivity index (χ2n) is 5.63. The van der Waals surface area contributed by atoms with Crippen LogP contribution in [0.2, 0.25) is 0 Å². The maximum absolute atomic E-state index is 6.05. The zero-order valence-electron chi connectivity index (χ0n) is 10.1. The summed E-state index contributed by atoms with van der Waals surface area (Å²) in [6.07, 6.45) is 7.15. The zero-order valence-corrected chi connectivity index (χ0v) is 10.1. The summed E-state index contributed by atoms with van der Waals surface area (Å²) in [5.74, 6) is 0.789. The van der Waals surface area contributed by atoms with Gasteiger partial charge in [-0.1, -0.05) is 24.6 Å². The van der Waals surface area contributed by atoms with Gasteiger partial charge in [-0.2, -0.15) is 0 Å². The first kappa shape index (κ1) is 9.95. The second-order valence-corrected chi connectivity index (χ2v) is 5.63. The van der Waals surface area contributed by atoms with Crippen LogP contribution in [0.25, 0.3) is 0 Å². The topological polar surface area (TPSA) is 12.5 Å². The van der Waals surface area contributed by atoms with E-state index in [9.17, 15) is 0 Å². The average molecular weight is 229 g/mol. The normalized spacial score (nSPS) is 35.1. The summed E-state index contributed by atoms with van der Waals surface area (Å²) < 4.78 is 6.05. The van der Waals surface area contributed by atoms with Crippen LogP contribution in [0.5, 0.6) is 0 Å². The monoisotopic (exact) mass is 229 g/mol. The molecule has 2 nitrogen and oxygen atoms in total. The molecule has 17 heavy (non-hydrogen) atoms. The first-order valence-corrected chi connectivity index (χ1v) is 6.89. The molecule has 1 aliphatic carbocycles. The maximum Gasteiger partial charge on any atom is 0.119 e. The quantitative estimate of drug-likeness (QED) is 0.678. The Hall–Kier alpha value is -1.02. The summed E-state index contributed by atoms with van der Waals surface area (Å²) >= 11 is 0. The van der Waals surface area contributed by atoms with Crippen LogP contribution in [0.4, 0.5) is 5.69 Å². The van der Waals surface area contributed by atoms with Crippen LogP contribution in [-0.2, 0) is 11.2 Å². The largest absolute Gasteiger partial charge is 0.358 e. The van der Waals surface area contributed by atoms with Gasteiger partial charge in [-0.05, 0) is 37.3 Å². The van der Waals surface area contributed by atoms with Gasteiger partial charge in [-0.3, -0.25) is 0 Å². The third-order valence-electron chi connectivity index (χ3n) is 4.84. The summed E-state index contributed by atoms with van der Waals surface area (Å²) in [6, 6.07) is 9.59. The Kier molecular flexibility index (Phi) is 2.19. The van der Waals surface area contributed by atoms with Crippen LogP contribution in [0.15, 0.2) is 24.3 Å². The molecule has 0 N–H and O–H groups in total. The number of fused-ring (bicyclic) bond motifs is 5. The molecule has 2 heteroatoms. The third kappa shape index (κ3) is 1.43. The Morgan fingerprint density at radius 1 is 1.12 bits per heavy atom. The number of rotatable bonds is 0. The third-order valence-corrected chi connectivity index (χ3v) is 4.84. The minimum absolute atomic E-state index is 0.557. The molecular formula is C15H19NO.